The molecule has 0 saturated heterocycles. The topological polar surface area (TPSA) is 12.0 Å². The third-order valence-electron chi connectivity index (χ3n) is 4.13. The van der Waals surface area contributed by atoms with E-state index >= 15 is 0 Å². The molecule has 0 spiro atoms. The predicted molar refractivity (Wildman–Crippen MR) is 69.4 cm³/mol. The van der Waals surface area contributed by atoms with Crippen molar-refractivity contribution < 1.29 is 0 Å². The summed E-state index contributed by atoms with van der Waals surface area (Å²) in [4.78, 5) is 0. The number of rotatable bonds is 5. The minimum absolute atomic E-state index is 0.801. The van der Waals surface area contributed by atoms with Crippen LogP contribution in [0.1, 0.15) is 45.4 Å². The van der Waals surface area contributed by atoms with Crippen molar-refractivity contribution in [2.24, 2.45) is 11.8 Å². The second-order valence-electron chi connectivity index (χ2n) is 5.39. The van der Waals surface area contributed by atoms with Crippen molar-refractivity contribution in [3.63, 3.8) is 0 Å². The van der Waals surface area contributed by atoms with Crippen molar-refractivity contribution in [1.82, 2.24) is 5.32 Å². The van der Waals surface area contributed by atoms with Crippen LogP contribution in [0.5, 0.6) is 0 Å². The van der Waals surface area contributed by atoms with Crippen molar-refractivity contribution in [2.45, 2.75) is 56.7 Å². The highest BCUT2D eigenvalue weighted by Crippen LogP contribution is 2.36. The fourth-order valence-electron chi connectivity index (χ4n) is 2.78. The van der Waals surface area contributed by atoms with E-state index in [1.54, 1.807) is 0 Å². The summed E-state index contributed by atoms with van der Waals surface area (Å²) in [6, 6.07) is 0.801. The van der Waals surface area contributed by atoms with Gasteiger partial charge in [-0.15, -0.1) is 0 Å². The van der Waals surface area contributed by atoms with Gasteiger partial charge in [-0.3, -0.25) is 0 Å². The number of hydrogen-bond acceptors (Lipinski definition) is 2. The Hall–Kier alpha value is 0.310. The van der Waals surface area contributed by atoms with Crippen LogP contribution < -0.4 is 5.32 Å². The predicted octanol–water partition coefficient (Wildman–Crippen LogP) is 3.30. The Morgan fingerprint density at radius 1 is 1.20 bits per heavy atom. The van der Waals surface area contributed by atoms with Crippen molar-refractivity contribution in [1.29, 1.82) is 0 Å². The summed E-state index contributed by atoms with van der Waals surface area (Å²) >= 11 is 2.07. The molecule has 3 atom stereocenters. The van der Waals surface area contributed by atoms with E-state index in [0.29, 0.717) is 0 Å². The smallest absolute Gasteiger partial charge is 0.0198 e. The molecule has 0 heterocycles. The summed E-state index contributed by atoms with van der Waals surface area (Å²) < 4.78 is 0. The van der Waals surface area contributed by atoms with Gasteiger partial charge in [0.05, 0.1) is 0 Å². The van der Waals surface area contributed by atoms with Gasteiger partial charge in [0.15, 0.2) is 0 Å². The third-order valence-corrected chi connectivity index (χ3v) is 5.30. The second-order valence-corrected chi connectivity index (χ2v) is 6.46. The molecule has 0 aromatic rings. The molecule has 2 fully saturated rings. The van der Waals surface area contributed by atoms with Crippen molar-refractivity contribution in [3.8, 4) is 0 Å². The Balaban J connectivity index is 1.71. The van der Waals surface area contributed by atoms with Crippen LogP contribution in [-0.2, 0) is 0 Å². The molecule has 0 bridgehead atoms. The minimum Gasteiger partial charge on any atom is -0.313 e. The molecule has 0 radical (unpaired) electrons. The summed E-state index contributed by atoms with van der Waals surface area (Å²) in [6.07, 6.45) is 11.0. The van der Waals surface area contributed by atoms with Crippen LogP contribution in [0.15, 0.2) is 0 Å². The lowest BCUT2D eigenvalue weighted by molar-refractivity contribution is 0.350. The molecule has 1 nitrogen and oxygen atoms in total. The standard InChI is InChI=1S/C13H25NS/c1-10(11-7-8-11)9-14-12-5-3-4-6-13(12)15-2/h10-14H,3-9H2,1-2H3. The zero-order valence-corrected chi connectivity index (χ0v) is 11.0. The maximum atomic E-state index is 3.82. The molecule has 3 unspecified atom stereocenters. The number of nitrogens with one attached hydrogen (secondary N) is 1. The highest BCUT2D eigenvalue weighted by molar-refractivity contribution is 7.99. The molecule has 2 aliphatic carbocycles. The fourth-order valence-corrected chi connectivity index (χ4v) is 3.74. The van der Waals surface area contributed by atoms with Crippen LogP contribution in [-0.4, -0.2) is 24.1 Å². The van der Waals surface area contributed by atoms with Gasteiger partial charge in [0.2, 0.25) is 0 Å². The second kappa shape index (κ2) is 5.58. The summed E-state index contributed by atoms with van der Waals surface area (Å²) in [5.74, 6) is 1.96. The van der Waals surface area contributed by atoms with E-state index in [0.717, 1.165) is 23.1 Å². The van der Waals surface area contributed by atoms with E-state index in [9.17, 15) is 0 Å². The third kappa shape index (κ3) is 3.39. The highest BCUT2D eigenvalue weighted by atomic mass is 32.2. The Morgan fingerprint density at radius 3 is 2.60 bits per heavy atom. The van der Waals surface area contributed by atoms with Gasteiger partial charge in [-0.1, -0.05) is 19.8 Å². The van der Waals surface area contributed by atoms with E-state index in [1.165, 1.54) is 45.1 Å². The molecule has 2 heteroatoms. The molecule has 0 aromatic heterocycles. The largest absolute Gasteiger partial charge is 0.313 e. The Labute approximate surface area is 98.8 Å². The summed E-state index contributed by atoms with van der Waals surface area (Å²) in [6.45, 7) is 3.67. The highest BCUT2D eigenvalue weighted by Gasteiger charge is 2.29. The first-order valence-corrected chi connectivity index (χ1v) is 7.86. The molecule has 0 amide bonds. The van der Waals surface area contributed by atoms with Gasteiger partial charge in [0.1, 0.15) is 0 Å². The number of thioether (sulfide) groups is 1. The van der Waals surface area contributed by atoms with Crippen LogP contribution in [0, 0.1) is 11.8 Å². The Morgan fingerprint density at radius 2 is 1.93 bits per heavy atom. The number of hydrogen-bond donors (Lipinski definition) is 1. The monoisotopic (exact) mass is 227 g/mol. The lowest BCUT2D eigenvalue weighted by Crippen LogP contribution is -2.42. The quantitative estimate of drug-likeness (QED) is 0.773. The molecule has 0 aromatic carbocycles. The van der Waals surface area contributed by atoms with E-state index in [2.05, 4.69) is 30.3 Å². The average Bonchev–Trinajstić information content (AvgIpc) is 3.10. The summed E-state index contributed by atoms with van der Waals surface area (Å²) in [5.41, 5.74) is 0. The normalized spacial score (nSPS) is 34.0. The van der Waals surface area contributed by atoms with Crippen LogP contribution >= 0.6 is 11.8 Å². The van der Waals surface area contributed by atoms with Gasteiger partial charge in [0.25, 0.3) is 0 Å². The van der Waals surface area contributed by atoms with E-state index in [-0.39, 0.29) is 0 Å². The van der Waals surface area contributed by atoms with Gasteiger partial charge in [-0.2, -0.15) is 11.8 Å². The lowest BCUT2D eigenvalue weighted by Gasteiger charge is -2.32. The van der Waals surface area contributed by atoms with Gasteiger partial charge in [-0.25, -0.2) is 0 Å². The van der Waals surface area contributed by atoms with Crippen LogP contribution in [0.2, 0.25) is 0 Å². The summed E-state index contributed by atoms with van der Waals surface area (Å²) in [5, 5.41) is 4.70. The molecular formula is C13H25NS. The van der Waals surface area contributed by atoms with Crippen LogP contribution in [0.4, 0.5) is 0 Å². The van der Waals surface area contributed by atoms with Crippen molar-refractivity contribution in [3.05, 3.63) is 0 Å². The molecule has 2 aliphatic rings. The SMILES string of the molecule is CSC1CCCCC1NCC(C)C1CC1. The Kier molecular flexibility index (Phi) is 4.39. The molecule has 0 aliphatic heterocycles. The maximum absolute atomic E-state index is 3.82. The zero-order chi connectivity index (χ0) is 10.7. The van der Waals surface area contributed by atoms with Gasteiger partial charge in [-0.05, 0) is 50.3 Å². The summed E-state index contributed by atoms with van der Waals surface area (Å²) in [7, 11) is 0. The van der Waals surface area contributed by atoms with E-state index in [4.69, 9.17) is 0 Å². The first-order valence-electron chi connectivity index (χ1n) is 6.57. The van der Waals surface area contributed by atoms with Gasteiger partial charge < -0.3 is 5.32 Å². The van der Waals surface area contributed by atoms with Crippen LogP contribution in [0.3, 0.4) is 0 Å². The van der Waals surface area contributed by atoms with E-state index in [1.807, 2.05) is 0 Å². The van der Waals surface area contributed by atoms with Gasteiger partial charge >= 0.3 is 0 Å². The lowest BCUT2D eigenvalue weighted by atomic mass is 9.94. The first-order chi connectivity index (χ1) is 7.31. The molecular weight excluding hydrogens is 202 g/mol. The van der Waals surface area contributed by atoms with Crippen molar-refractivity contribution in [2.75, 3.05) is 12.8 Å². The zero-order valence-electron chi connectivity index (χ0n) is 10.2. The molecule has 2 rings (SSSR count). The maximum Gasteiger partial charge on any atom is 0.0198 e. The fraction of sp³-hybridized carbons (Fsp3) is 1.00. The van der Waals surface area contributed by atoms with Crippen LogP contribution in [0.25, 0.3) is 0 Å². The Bertz CT molecular complexity index is 191. The molecule has 15 heavy (non-hydrogen) atoms. The van der Waals surface area contributed by atoms with E-state index < -0.39 is 0 Å². The van der Waals surface area contributed by atoms with Gasteiger partial charge in [0, 0.05) is 11.3 Å². The molecule has 1 N–H and O–H groups in total. The molecule has 88 valence electrons. The average molecular weight is 227 g/mol. The van der Waals surface area contributed by atoms with Crippen molar-refractivity contribution >= 4 is 11.8 Å². The molecule has 2 saturated carbocycles. The minimum atomic E-state index is 0.801. The first kappa shape index (κ1) is 11.8.